The summed E-state index contributed by atoms with van der Waals surface area (Å²) < 4.78 is 6.15. The van der Waals surface area contributed by atoms with Gasteiger partial charge in [0.05, 0.1) is 0 Å². The predicted octanol–water partition coefficient (Wildman–Crippen LogP) is 11.1. The molecule has 0 bridgehead atoms. The fraction of sp³-hybridized carbons (Fsp3) is 0.0500. The van der Waals surface area contributed by atoms with Crippen LogP contribution in [0.15, 0.2) is 138 Å². The van der Waals surface area contributed by atoms with Crippen molar-refractivity contribution in [3.8, 4) is 11.1 Å². The van der Waals surface area contributed by atoms with Gasteiger partial charge in [-0.2, -0.15) is 0 Å². The summed E-state index contributed by atoms with van der Waals surface area (Å²) in [5, 5.41) is 10.1. The highest BCUT2D eigenvalue weighted by Gasteiger charge is 2.19. The summed E-state index contributed by atoms with van der Waals surface area (Å²) in [6.45, 7) is 0. The van der Waals surface area contributed by atoms with E-state index in [0.717, 1.165) is 34.8 Å². The maximum Gasteiger partial charge on any atom is 0.135 e. The number of allylic oxidation sites excluding steroid dienone is 1. The summed E-state index contributed by atoms with van der Waals surface area (Å²) in [5.41, 5.74) is 9.79. The lowest BCUT2D eigenvalue weighted by molar-refractivity contribution is 0.669. The van der Waals surface area contributed by atoms with Gasteiger partial charge in [0.1, 0.15) is 11.2 Å². The number of furan rings is 1. The lowest BCUT2D eigenvalue weighted by Gasteiger charge is -2.21. The lowest BCUT2D eigenvalue weighted by atomic mass is 9.82. The fourth-order valence-corrected chi connectivity index (χ4v) is 7.07. The van der Waals surface area contributed by atoms with Gasteiger partial charge < -0.3 is 4.42 Å². The van der Waals surface area contributed by atoms with E-state index in [1.807, 2.05) is 12.1 Å². The highest BCUT2D eigenvalue weighted by atomic mass is 16.3. The minimum atomic E-state index is 0.927. The smallest absolute Gasteiger partial charge is 0.135 e. The highest BCUT2D eigenvalue weighted by molar-refractivity contribution is 6.25. The molecule has 1 heterocycles. The van der Waals surface area contributed by atoms with Crippen molar-refractivity contribution < 1.29 is 4.42 Å². The molecule has 0 fully saturated rings. The molecule has 0 spiro atoms. The van der Waals surface area contributed by atoms with Crippen LogP contribution in [0.1, 0.15) is 23.1 Å². The van der Waals surface area contributed by atoms with Gasteiger partial charge in [0, 0.05) is 10.8 Å². The first-order chi connectivity index (χ1) is 20.3. The number of hydrogen-bond acceptors (Lipinski definition) is 1. The van der Waals surface area contributed by atoms with E-state index >= 15 is 0 Å². The zero-order chi connectivity index (χ0) is 26.9. The van der Waals surface area contributed by atoms with Crippen molar-refractivity contribution in [3.05, 3.63) is 150 Å². The van der Waals surface area contributed by atoms with Crippen molar-refractivity contribution in [2.45, 2.75) is 12.8 Å². The van der Waals surface area contributed by atoms with Crippen LogP contribution in [0.25, 0.3) is 71.0 Å². The normalized spacial score (nSPS) is 13.3. The first kappa shape index (κ1) is 22.7. The first-order valence-electron chi connectivity index (χ1n) is 14.4. The Morgan fingerprint density at radius 3 is 1.93 bits per heavy atom. The molecule has 1 heteroatoms. The highest BCUT2D eigenvalue weighted by Crippen LogP contribution is 2.43. The van der Waals surface area contributed by atoms with Crippen LogP contribution in [0.2, 0.25) is 0 Å². The number of aryl methyl sites for hydroxylation is 1. The molecular formula is C40H26O. The van der Waals surface area contributed by atoms with Crippen molar-refractivity contribution in [2.24, 2.45) is 0 Å². The van der Waals surface area contributed by atoms with Crippen molar-refractivity contribution >= 4 is 59.8 Å². The SMILES string of the molecule is C1=C(c2cc3cc(-c4ccc5oc6ccccc6c5c4)c4ccccc4c3c3ccccc23)c2ccccc2CC1. The van der Waals surface area contributed by atoms with E-state index < -0.39 is 0 Å². The predicted molar refractivity (Wildman–Crippen MR) is 174 cm³/mol. The number of fused-ring (bicyclic) bond motifs is 9. The molecule has 0 saturated heterocycles. The Hall–Kier alpha value is -5.14. The van der Waals surface area contributed by atoms with Gasteiger partial charge in [0.2, 0.25) is 0 Å². The van der Waals surface area contributed by atoms with Crippen LogP contribution in [0.3, 0.4) is 0 Å². The Bertz CT molecular complexity index is 2370. The van der Waals surface area contributed by atoms with Crippen LogP contribution in [0.4, 0.5) is 0 Å². The molecule has 7 aromatic carbocycles. The molecule has 0 aliphatic heterocycles. The Kier molecular flexibility index (Phi) is 4.80. The van der Waals surface area contributed by atoms with Gasteiger partial charge in [0.15, 0.2) is 0 Å². The van der Waals surface area contributed by atoms with Crippen LogP contribution >= 0.6 is 0 Å². The van der Waals surface area contributed by atoms with E-state index in [0.29, 0.717) is 0 Å². The second-order valence-electron chi connectivity index (χ2n) is 11.2. The minimum Gasteiger partial charge on any atom is -0.456 e. The molecule has 0 radical (unpaired) electrons. The zero-order valence-corrected chi connectivity index (χ0v) is 22.5. The lowest BCUT2D eigenvalue weighted by Crippen LogP contribution is -2.01. The largest absolute Gasteiger partial charge is 0.456 e. The molecule has 1 aromatic heterocycles. The summed E-state index contributed by atoms with van der Waals surface area (Å²) in [6, 6.07) is 46.5. The van der Waals surface area contributed by atoms with Crippen molar-refractivity contribution in [1.29, 1.82) is 0 Å². The number of para-hydroxylation sites is 1. The number of benzene rings is 7. The third kappa shape index (κ3) is 3.36. The van der Waals surface area contributed by atoms with Crippen LogP contribution in [0.5, 0.6) is 0 Å². The second-order valence-corrected chi connectivity index (χ2v) is 11.2. The molecule has 1 nitrogen and oxygen atoms in total. The first-order valence-corrected chi connectivity index (χ1v) is 14.4. The van der Waals surface area contributed by atoms with Crippen molar-refractivity contribution in [3.63, 3.8) is 0 Å². The van der Waals surface area contributed by atoms with E-state index in [2.05, 4.69) is 121 Å². The second kappa shape index (κ2) is 8.68. The van der Waals surface area contributed by atoms with Gasteiger partial charge in [-0.1, -0.05) is 103 Å². The fourth-order valence-electron chi connectivity index (χ4n) is 7.07. The average Bonchev–Trinajstić information content (AvgIpc) is 3.41. The van der Waals surface area contributed by atoms with Gasteiger partial charge in [-0.25, -0.2) is 0 Å². The Labute approximate surface area is 238 Å². The molecule has 1 aliphatic rings. The van der Waals surface area contributed by atoms with Crippen LogP contribution < -0.4 is 0 Å². The topological polar surface area (TPSA) is 13.1 Å². The van der Waals surface area contributed by atoms with Crippen molar-refractivity contribution in [2.75, 3.05) is 0 Å². The number of hydrogen-bond donors (Lipinski definition) is 0. The summed E-state index contributed by atoms with van der Waals surface area (Å²) in [7, 11) is 0. The summed E-state index contributed by atoms with van der Waals surface area (Å²) in [4.78, 5) is 0. The van der Waals surface area contributed by atoms with E-state index in [1.54, 1.807) is 0 Å². The molecule has 0 N–H and O–H groups in total. The van der Waals surface area contributed by atoms with Gasteiger partial charge >= 0.3 is 0 Å². The summed E-state index contributed by atoms with van der Waals surface area (Å²) in [6.07, 6.45) is 4.61. The molecule has 9 rings (SSSR count). The molecule has 41 heavy (non-hydrogen) atoms. The molecule has 0 atom stereocenters. The number of rotatable bonds is 2. The Balaban J connectivity index is 1.37. The van der Waals surface area contributed by atoms with Gasteiger partial charge in [-0.15, -0.1) is 0 Å². The van der Waals surface area contributed by atoms with E-state index in [9.17, 15) is 0 Å². The van der Waals surface area contributed by atoms with E-state index in [1.165, 1.54) is 65.7 Å². The monoisotopic (exact) mass is 522 g/mol. The Morgan fingerprint density at radius 2 is 1.10 bits per heavy atom. The van der Waals surface area contributed by atoms with Gasteiger partial charge in [-0.3, -0.25) is 0 Å². The van der Waals surface area contributed by atoms with Gasteiger partial charge in [-0.05, 0) is 109 Å². The molecule has 0 unspecified atom stereocenters. The average molecular weight is 523 g/mol. The standard InChI is InChI=1S/C40H26O/c1-2-12-28-25(10-1)11-9-18-29(28)36-24-27-23-35(26-20-21-39-37(22-26)32-15-7-8-19-38(32)41-39)30-13-3-5-16-33(30)40(27)34-17-6-4-14-31(34)36/h1-8,10,12-24H,9,11H2. The summed E-state index contributed by atoms with van der Waals surface area (Å²) in [5.74, 6) is 0. The van der Waals surface area contributed by atoms with Gasteiger partial charge in [0.25, 0.3) is 0 Å². The third-order valence-electron chi connectivity index (χ3n) is 8.91. The van der Waals surface area contributed by atoms with Crippen LogP contribution in [-0.2, 0) is 6.42 Å². The van der Waals surface area contributed by atoms with Crippen LogP contribution in [0, 0.1) is 0 Å². The third-order valence-corrected chi connectivity index (χ3v) is 8.91. The maximum atomic E-state index is 6.15. The molecular weight excluding hydrogens is 496 g/mol. The van der Waals surface area contributed by atoms with Crippen molar-refractivity contribution in [1.82, 2.24) is 0 Å². The molecule has 8 aromatic rings. The molecule has 0 amide bonds. The molecule has 1 aliphatic carbocycles. The minimum absolute atomic E-state index is 0.927. The molecule has 192 valence electrons. The van der Waals surface area contributed by atoms with E-state index in [4.69, 9.17) is 4.42 Å². The van der Waals surface area contributed by atoms with Crippen LogP contribution in [-0.4, -0.2) is 0 Å². The zero-order valence-electron chi connectivity index (χ0n) is 22.5. The van der Waals surface area contributed by atoms with E-state index in [-0.39, 0.29) is 0 Å². The molecule has 0 saturated carbocycles. The Morgan fingerprint density at radius 1 is 0.463 bits per heavy atom. The quantitative estimate of drug-likeness (QED) is 0.206. The summed E-state index contributed by atoms with van der Waals surface area (Å²) >= 11 is 0. The maximum absolute atomic E-state index is 6.15.